The molecule has 2 aliphatic rings. The summed E-state index contributed by atoms with van der Waals surface area (Å²) < 4.78 is 28.0. The molecular formula is C16H20N4O4S. The first-order valence-corrected chi connectivity index (χ1v) is 9.46. The summed E-state index contributed by atoms with van der Waals surface area (Å²) in [7, 11) is -2.06. The van der Waals surface area contributed by atoms with Crippen LogP contribution in [0.3, 0.4) is 0 Å². The van der Waals surface area contributed by atoms with Crippen molar-refractivity contribution in [1.29, 1.82) is 0 Å². The van der Waals surface area contributed by atoms with Gasteiger partial charge in [0.1, 0.15) is 4.90 Å². The molecule has 0 spiro atoms. The van der Waals surface area contributed by atoms with Crippen molar-refractivity contribution in [2.75, 3.05) is 26.7 Å². The highest BCUT2D eigenvalue weighted by Gasteiger charge is 2.32. The second-order valence-corrected chi connectivity index (χ2v) is 7.87. The van der Waals surface area contributed by atoms with Crippen molar-refractivity contribution in [2.45, 2.75) is 17.7 Å². The lowest BCUT2D eigenvalue weighted by Crippen LogP contribution is -2.46. The Labute approximate surface area is 146 Å². The van der Waals surface area contributed by atoms with Gasteiger partial charge in [-0.2, -0.15) is 8.42 Å². The molecule has 1 aromatic rings. The quantitative estimate of drug-likeness (QED) is 0.797. The molecule has 2 amide bonds. The molecule has 0 saturated carbocycles. The first-order valence-electron chi connectivity index (χ1n) is 8.02. The average molecular weight is 364 g/mol. The second kappa shape index (κ2) is 6.47. The van der Waals surface area contributed by atoms with Gasteiger partial charge in [0.25, 0.3) is 10.0 Å². The van der Waals surface area contributed by atoms with Crippen molar-refractivity contribution < 1.29 is 18.0 Å². The zero-order valence-electron chi connectivity index (χ0n) is 13.9. The predicted molar refractivity (Wildman–Crippen MR) is 91.3 cm³/mol. The monoisotopic (exact) mass is 364 g/mol. The zero-order chi connectivity index (χ0) is 18.2. The number of rotatable bonds is 3. The van der Waals surface area contributed by atoms with Crippen molar-refractivity contribution in [3.05, 3.63) is 29.8 Å². The molecular weight excluding hydrogens is 344 g/mol. The van der Waals surface area contributed by atoms with E-state index in [1.54, 1.807) is 35.0 Å². The number of nitrogens with zero attached hydrogens (tertiary/aromatic N) is 3. The molecule has 1 fully saturated rings. The van der Waals surface area contributed by atoms with E-state index in [-0.39, 0.29) is 35.0 Å². The normalized spacial score (nSPS) is 19.2. The summed E-state index contributed by atoms with van der Waals surface area (Å²) >= 11 is 0. The van der Waals surface area contributed by atoms with E-state index in [4.69, 9.17) is 5.73 Å². The van der Waals surface area contributed by atoms with E-state index in [0.29, 0.717) is 31.5 Å². The number of benzene rings is 1. The molecule has 3 rings (SSSR count). The summed E-state index contributed by atoms with van der Waals surface area (Å²) in [4.78, 5) is 27.1. The van der Waals surface area contributed by atoms with E-state index < -0.39 is 10.0 Å². The lowest BCUT2D eigenvalue weighted by molar-refractivity contribution is -0.135. The number of piperidine rings is 1. The first kappa shape index (κ1) is 17.4. The van der Waals surface area contributed by atoms with Crippen molar-refractivity contribution in [1.82, 2.24) is 9.80 Å². The predicted octanol–water partition coefficient (Wildman–Crippen LogP) is -0.209. The second-order valence-electron chi connectivity index (χ2n) is 6.30. The SMILES string of the molecule is CN(CC(=O)N1CCC(C(N)=O)CC1)C1=NS(=O)(=O)c2ccccc21. The number of hydrogen-bond acceptors (Lipinski definition) is 5. The smallest absolute Gasteiger partial charge is 0.285 e. The van der Waals surface area contributed by atoms with E-state index in [9.17, 15) is 18.0 Å². The van der Waals surface area contributed by atoms with E-state index in [1.807, 2.05) is 0 Å². The molecule has 1 aromatic carbocycles. The van der Waals surface area contributed by atoms with Crippen LogP contribution in [0, 0.1) is 5.92 Å². The fraction of sp³-hybridized carbons (Fsp3) is 0.438. The van der Waals surface area contributed by atoms with Gasteiger partial charge in [-0.25, -0.2) is 0 Å². The van der Waals surface area contributed by atoms with Crippen LogP contribution in [0.1, 0.15) is 18.4 Å². The third-order valence-corrected chi connectivity index (χ3v) is 5.92. The van der Waals surface area contributed by atoms with Crippen LogP contribution in [0.25, 0.3) is 0 Å². The zero-order valence-corrected chi connectivity index (χ0v) is 14.7. The maximum absolute atomic E-state index is 12.5. The number of amidine groups is 1. The Hall–Kier alpha value is -2.42. The Morgan fingerprint density at radius 1 is 1.28 bits per heavy atom. The lowest BCUT2D eigenvalue weighted by atomic mass is 9.96. The van der Waals surface area contributed by atoms with Crippen molar-refractivity contribution in [3.63, 3.8) is 0 Å². The number of sulfonamides is 1. The number of nitrogens with two attached hydrogens (primary N) is 1. The van der Waals surface area contributed by atoms with Gasteiger partial charge in [-0.15, -0.1) is 4.40 Å². The van der Waals surface area contributed by atoms with Crippen molar-refractivity contribution >= 4 is 27.7 Å². The third-order valence-electron chi connectivity index (χ3n) is 4.60. The molecule has 0 aromatic heterocycles. The lowest BCUT2D eigenvalue weighted by Gasteiger charge is -2.32. The summed E-state index contributed by atoms with van der Waals surface area (Å²) in [5.41, 5.74) is 5.80. The summed E-state index contributed by atoms with van der Waals surface area (Å²) in [5, 5.41) is 0. The average Bonchev–Trinajstić information content (AvgIpc) is 2.87. The van der Waals surface area contributed by atoms with Gasteiger partial charge in [0, 0.05) is 31.6 Å². The fourth-order valence-corrected chi connectivity index (χ4v) is 4.41. The van der Waals surface area contributed by atoms with Crippen LogP contribution in [0.4, 0.5) is 0 Å². The summed E-state index contributed by atoms with van der Waals surface area (Å²) in [6, 6.07) is 6.56. The highest BCUT2D eigenvalue weighted by Crippen LogP contribution is 2.27. The van der Waals surface area contributed by atoms with E-state index in [2.05, 4.69) is 4.40 Å². The van der Waals surface area contributed by atoms with Gasteiger partial charge in [0.15, 0.2) is 5.84 Å². The molecule has 1 saturated heterocycles. The number of fused-ring (bicyclic) bond motifs is 1. The maximum atomic E-state index is 12.5. The van der Waals surface area contributed by atoms with Crippen LogP contribution in [0.2, 0.25) is 0 Å². The molecule has 8 nitrogen and oxygen atoms in total. The molecule has 0 radical (unpaired) electrons. The number of likely N-dealkylation sites (N-methyl/N-ethyl adjacent to an activating group) is 1. The van der Waals surface area contributed by atoms with Crippen molar-refractivity contribution in [2.24, 2.45) is 16.0 Å². The van der Waals surface area contributed by atoms with Gasteiger partial charge in [-0.3, -0.25) is 9.59 Å². The molecule has 25 heavy (non-hydrogen) atoms. The molecule has 2 heterocycles. The highest BCUT2D eigenvalue weighted by molar-refractivity contribution is 7.90. The number of amides is 2. The van der Waals surface area contributed by atoms with Gasteiger partial charge in [-0.1, -0.05) is 12.1 Å². The maximum Gasteiger partial charge on any atom is 0.285 e. The molecule has 0 aliphatic carbocycles. The Kier molecular flexibility index (Phi) is 4.51. The van der Waals surface area contributed by atoms with Crippen LogP contribution < -0.4 is 5.73 Å². The summed E-state index contributed by atoms with van der Waals surface area (Å²) in [6.07, 6.45) is 1.12. The minimum atomic E-state index is -3.71. The Morgan fingerprint density at radius 3 is 2.56 bits per heavy atom. The molecule has 2 N–H and O–H groups in total. The number of hydrogen-bond donors (Lipinski definition) is 1. The third kappa shape index (κ3) is 3.37. The van der Waals surface area contributed by atoms with Gasteiger partial charge in [-0.05, 0) is 25.0 Å². The fourth-order valence-electron chi connectivity index (χ4n) is 3.15. The number of likely N-dealkylation sites (tertiary alicyclic amines) is 1. The molecule has 0 atom stereocenters. The van der Waals surface area contributed by atoms with Gasteiger partial charge in [0.05, 0.1) is 6.54 Å². The molecule has 0 bridgehead atoms. The number of carbonyl (C=O) groups is 2. The molecule has 134 valence electrons. The van der Waals surface area contributed by atoms with Crippen LogP contribution in [-0.4, -0.2) is 62.5 Å². The molecule has 9 heteroatoms. The van der Waals surface area contributed by atoms with E-state index >= 15 is 0 Å². The van der Waals surface area contributed by atoms with Gasteiger partial charge >= 0.3 is 0 Å². The van der Waals surface area contributed by atoms with Crippen LogP contribution in [-0.2, 0) is 19.6 Å². The van der Waals surface area contributed by atoms with Crippen LogP contribution in [0.5, 0.6) is 0 Å². The van der Waals surface area contributed by atoms with Gasteiger partial charge < -0.3 is 15.5 Å². The standard InChI is InChI=1S/C16H20N4O4S/c1-19(10-14(21)20-8-6-11(7-9-20)15(17)22)16-12-4-2-3-5-13(12)25(23,24)18-16/h2-5,11H,6-10H2,1H3,(H2,17,22). The summed E-state index contributed by atoms with van der Waals surface area (Å²) in [6.45, 7) is 0.965. The Balaban J connectivity index is 1.68. The topological polar surface area (TPSA) is 113 Å². The summed E-state index contributed by atoms with van der Waals surface area (Å²) in [5.74, 6) is -0.366. The van der Waals surface area contributed by atoms with E-state index in [0.717, 1.165) is 0 Å². The molecule has 2 aliphatic heterocycles. The van der Waals surface area contributed by atoms with Crippen LogP contribution >= 0.6 is 0 Å². The Morgan fingerprint density at radius 2 is 1.92 bits per heavy atom. The Bertz CT molecular complexity index is 841. The van der Waals surface area contributed by atoms with Crippen molar-refractivity contribution in [3.8, 4) is 0 Å². The van der Waals surface area contributed by atoms with E-state index in [1.165, 1.54) is 6.07 Å². The first-order chi connectivity index (χ1) is 11.8. The minimum Gasteiger partial charge on any atom is -0.369 e. The highest BCUT2D eigenvalue weighted by atomic mass is 32.2. The van der Waals surface area contributed by atoms with Crippen LogP contribution in [0.15, 0.2) is 33.6 Å². The van der Waals surface area contributed by atoms with Gasteiger partial charge in [0.2, 0.25) is 11.8 Å². The largest absolute Gasteiger partial charge is 0.369 e. The molecule has 0 unspecified atom stereocenters. The minimum absolute atomic E-state index is 0.0178. The number of primary amides is 1. The number of carbonyl (C=O) groups excluding carboxylic acids is 2.